The third kappa shape index (κ3) is 1.78. The number of aryl methyl sites for hydroxylation is 3. The molecule has 0 aliphatic rings. The van der Waals surface area contributed by atoms with E-state index in [4.69, 9.17) is 11.6 Å². The minimum atomic E-state index is -0.299. The molecule has 0 aliphatic heterocycles. The molecule has 3 rings (SSSR count). The number of fused-ring (bicyclic) bond motifs is 1. The van der Waals surface area contributed by atoms with Crippen LogP contribution in [0.15, 0.2) is 18.2 Å². The lowest BCUT2D eigenvalue weighted by Gasteiger charge is -2.08. The van der Waals surface area contributed by atoms with Crippen LogP contribution in [0, 0.1) is 26.6 Å². The fraction of sp³-hybridized carbons (Fsp3) is 0.214. The Labute approximate surface area is 120 Å². The number of halogens is 2. The lowest BCUT2D eigenvalue weighted by Crippen LogP contribution is -2.02. The maximum atomic E-state index is 14.3. The Hall–Kier alpha value is -2.01. The standard InChI is InChI=1S/C14H12ClFN4/c1-7-5-4-6-10(11(7)16)13-18-19-14-12(15)17-8(2)9(3)20(13)14/h4-6H,1-3H3. The predicted molar refractivity (Wildman–Crippen MR) is 75.4 cm³/mol. The van der Waals surface area contributed by atoms with E-state index < -0.39 is 0 Å². The highest BCUT2D eigenvalue weighted by Crippen LogP contribution is 2.27. The zero-order valence-electron chi connectivity index (χ0n) is 11.3. The predicted octanol–water partition coefficient (Wildman–Crippen LogP) is 3.51. The van der Waals surface area contributed by atoms with Crippen molar-refractivity contribution in [2.75, 3.05) is 0 Å². The molecule has 0 radical (unpaired) electrons. The van der Waals surface area contributed by atoms with Gasteiger partial charge in [0.2, 0.25) is 0 Å². The number of hydrogen-bond donors (Lipinski definition) is 0. The summed E-state index contributed by atoms with van der Waals surface area (Å²) in [7, 11) is 0. The topological polar surface area (TPSA) is 43.1 Å². The van der Waals surface area contributed by atoms with Crippen LogP contribution in [-0.4, -0.2) is 19.6 Å². The zero-order chi connectivity index (χ0) is 14.4. The van der Waals surface area contributed by atoms with Gasteiger partial charge in [-0.1, -0.05) is 23.7 Å². The van der Waals surface area contributed by atoms with Gasteiger partial charge < -0.3 is 0 Å². The van der Waals surface area contributed by atoms with Gasteiger partial charge in [0, 0.05) is 5.69 Å². The Kier molecular flexibility index (Phi) is 2.94. The van der Waals surface area contributed by atoms with Crippen molar-refractivity contribution >= 4 is 17.2 Å². The van der Waals surface area contributed by atoms with E-state index in [0.29, 0.717) is 22.6 Å². The largest absolute Gasteiger partial charge is 0.275 e. The highest BCUT2D eigenvalue weighted by Gasteiger charge is 2.18. The van der Waals surface area contributed by atoms with Gasteiger partial charge in [0.15, 0.2) is 16.6 Å². The van der Waals surface area contributed by atoms with Gasteiger partial charge in [-0.15, -0.1) is 10.2 Å². The summed E-state index contributed by atoms with van der Waals surface area (Å²) in [5.41, 5.74) is 3.00. The minimum Gasteiger partial charge on any atom is -0.275 e. The Morgan fingerprint density at radius 3 is 2.65 bits per heavy atom. The number of hydrogen-bond acceptors (Lipinski definition) is 3. The van der Waals surface area contributed by atoms with E-state index in [2.05, 4.69) is 15.2 Å². The summed E-state index contributed by atoms with van der Waals surface area (Å²) in [4.78, 5) is 4.20. The molecule has 102 valence electrons. The van der Waals surface area contributed by atoms with E-state index in [-0.39, 0.29) is 11.0 Å². The molecule has 0 aliphatic carbocycles. The molecule has 20 heavy (non-hydrogen) atoms. The number of benzene rings is 1. The van der Waals surface area contributed by atoms with Crippen molar-refractivity contribution in [2.24, 2.45) is 0 Å². The molecule has 3 aromatic rings. The highest BCUT2D eigenvalue weighted by molar-refractivity contribution is 6.32. The molecule has 0 bridgehead atoms. The molecule has 2 heterocycles. The first-order valence-electron chi connectivity index (χ1n) is 6.14. The van der Waals surface area contributed by atoms with Crippen molar-refractivity contribution in [2.45, 2.75) is 20.8 Å². The van der Waals surface area contributed by atoms with Gasteiger partial charge in [0.05, 0.1) is 11.3 Å². The van der Waals surface area contributed by atoms with Crippen LogP contribution in [0.2, 0.25) is 5.15 Å². The molecule has 0 fully saturated rings. The summed E-state index contributed by atoms with van der Waals surface area (Å²) in [6, 6.07) is 5.19. The molecule has 4 nitrogen and oxygen atoms in total. The Balaban J connectivity index is 2.41. The molecular weight excluding hydrogens is 279 g/mol. The summed E-state index contributed by atoms with van der Waals surface area (Å²) in [5.74, 6) is 0.137. The maximum Gasteiger partial charge on any atom is 0.199 e. The average Bonchev–Trinajstić information content (AvgIpc) is 2.84. The van der Waals surface area contributed by atoms with Crippen LogP contribution >= 0.6 is 11.6 Å². The monoisotopic (exact) mass is 290 g/mol. The highest BCUT2D eigenvalue weighted by atomic mass is 35.5. The first-order valence-corrected chi connectivity index (χ1v) is 6.52. The van der Waals surface area contributed by atoms with Crippen molar-refractivity contribution in [3.05, 3.63) is 46.1 Å². The average molecular weight is 291 g/mol. The third-order valence-corrected chi connectivity index (χ3v) is 3.66. The zero-order valence-corrected chi connectivity index (χ0v) is 12.0. The van der Waals surface area contributed by atoms with Crippen molar-refractivity contribution in [3.63, 3.8) is 0 Å². The van der Waals surface area contributed by atoms with Crippen LogP contribution in [-0.2, 0) is 0 Å². The minimum absolute atomic E-state index is 0.264. The molecule has 0 saturated heterocycles. The van der Waals surface area contributed by atoms with Gasteiger partial charge in [0.25, 0.3) is 0 Å². The third-order valence-electron chi connectivity index (χ3n) is 3.41. The van der Waals surface area contributed by atoms with E-state index in [9.17, 15) is 4.39 Å². The lowest BCUT2D eigenvalue weighted by molar-refractivity contribution is 0.620. The summed E-state index contributed by atoms with van der Waals surface area (Å²) >= 11 is 6.08. The van der Waals surface area contributed by atoms with Crippen molar-refractivity contribution in [1.29, 1.82) is 0 Å². The maximum absolute atomic E-state index is 14.3. The van der Waals surface area contributed by atoms with E-state index in [1.165, 1.54) is 0 Å². The Morgan fingerprint density at radius 2 is 1.90 bits per heavy atom. The normalized spacial score (nSPS) is 11.2. The van der Waals surface area contributed by atoms with Gasteiger partial charge in [-0.05, 0) is 32.4 Å². The quantitative estimate of drug-likeness (QED) is 0.689. The molecule has 6 heteroatoms. The van der Waals surface area contributed by atoms with Crippen molar-refractivity contribution < 1.29 is 4.39 Å². The fourth-order valence-electron chi connectivity index (χ4n) is 2.17. The Bertz CT molecular complexity index is 826. The van der Waals surface area contributed by atoms with E-state index >= 15 is 0 Å². The van der Waals surface area contributed by atoms with Crippen LogP contribution in [0.25, 0.3) is 17.0 Å². The van der Waals surface area contributed by atoms with Gasteiger partial charge in [-0.2, -0.15) is 0 Å². The van der Waals surface area contributed by atoms with Gasteiger partial charge in [0.1, 0.15) is 5.82 Å². The fourth-order valence-corrected chi connectivity index (χ4v) is 2.42. The molecule has 2 aromatic heterocycles. The second-order valence-corrected chi connectivity index (χ2v) is 5.05. The number of nitrogens with zero attached hydrogens (tertiary/aromatic N) is 4. The molecule has 0 atom stereocenters. The summed E-state index contributed by atoms with van der Waals surface area (Å²) in [6.45, 7) is 5.44. The lowest BCUT2D eigenvalue weighted by atomic mass is 10.1. The number of aromatic nitrogens is 4. The van der Waals surface area contributed by atoms with Crippen LogP contribution in [0.1, 0.15) is 17.0 Å². The summed E-state index contributed by atoms with van der Waals surface area (Å²) in [6.07, 6.45) is 0. The van der Waals surface area contributed by atoms with E-state index in [1.54, 1.807) is 29.5 Å². The SMILES string of the molecule is Cc1cccc(-c2nnc3c(Cl)nc(C)c(C)n23)c1F. The van der Waals surface area contributed by atoms with Gasteiger partial charge in [-0.25, -0.2) is 9.37 Å². The molecule has 0 amide bonds. The molecule has 1 aromatic carbocycles. The number of rotatable bonds is 1. The van der Waals surface area contributed by atoms with Crippen LogP contribution in [0.5, 0.6) is 0 Å². The van der Waals surface area contributed by atoms with Gasteiger partial charge >= 0.3 is 0 Å². The molecule has 0 N–H and O–H groups in total. The van der Waals surface area contributed by atoms with E-state index in [0.717, 1.165) is 11.4 Å². The first-order chi connectivity index (χ1) is 9.50. The molecule has 0 unspecified atom stereocenters. The van der Waals surface area contributed by atoms with E-state index in [1.807, 2.05) is 13.8 Å². The van der Waals surface area contributed by atoms with Gasteiger partial charge in [-0.3, -0.25) is 4.40 Å². The first kappa shape index (κ1) is 13.0. The van der Waals surface area contributed by atoms with Crippen LogP contribution in [0.3, 0.4) is 0 Å². The van der Waals surface area contributed by atoms with Crippen LogP contribution < -0.4 is 0 Å². The second-order valence-electron chi connectivity index (χ2n) is 4.69. The Morgan fingerprint density at radius 1 is 1.15 bits per heavy atom. The smallest absolute Gasteiger partial charge is 0.199 e. The molecule has 0 saturated carbocycles. The molecular formula is C14H12ClFN4. The van der Waals surface area contributed by atoms with Crippen molar-refractivity contribution in [1.82, 2.24) is 19.6 Å². The summed E-state index contributed by atoms with van der Waals surface area (Å²) < 4.78 is 16.0. The molecule has 0 spiro atoms. The second kappa shape index (κ2) is 4.52. The van der Waals surface area contributed by atoms with Crippen molar-refractivity contribution in [3.8, 4) is 11.4 Å². The van der Waals surface area contributed by atoms with Crippen LogP contribution in [0.4, 0.5) is 4.39 Å². The summed E-state index contributed by atoms with van der Waals surface area (Å²) in [5, 5.41) is 8.36.